The molecule has 0 aliphatic heterocycles. The monoisotopic (exact) mass is 273 g/mol. The van der Waals surface area contributed by atoms with Crippen LogP contribution in [-0.2, 0) is 9.63 Å². The SMILES string of the molecule is CON=C(C(=O)O)c1csc(N)n1.Cl.Cl. The molecule has 1 rings (SSSR count). The van der Waals surface area contributed by atoms with Gasteiger partial charge in [0.1, 0.15) is 12.8 Å². The summed E-state index contributed by atoms with van der Waals surface area (Å²) < 4.78 is 0. The highest BCUT2D eigenvalue weighted by Gasteiger charge is 2.16. The molecule has 0 spiro atoms. The maximum Gasteiger partial charge on any atom is 0.360 e. The Morgan fingerprint density at radius 3 is 2.60 bits per heavy atom. The fourth-order valence-electron chi connectivity index (χ4n) is 0.683. The molecule has 1 heterocycles. The van der Waals surface area contributed by atoms with E-state index in [0.29, 0.717) is 5.13 Å². The van der Waals surface area contributed by atoms with Gasteiger partial charge in [-0.15, -0.1) is 36.2 Å². The van der Waals surface area contributed by atoms with Crippen molar-refractivity contribution < 1.29 is 14.7 Å². The average Bonchev–Trinajstić information content (AvgIpc) is 2.46. The van der Waals surface area contributed by atoms with Crippen LogP contribution in [0.5, 0.6) is 0 Å². The lowest BCUT2D eigenvalue weighted by atomic mass is 10.3. The Morgan fingerprint density at radius 1 is 1.67 bits per heavy atom. The van der Waals surface area contributed by atoms with Gasteiger partial charge in [-0.05, 0) is 0 Å². The first-order valence-corrected chi connectivity index (χ1v) is 4.09. The number of thiazole rings is 1. The van der Waals surface area contributed by atoms with Gasteiger partial charge in [0, 0.05) is 5.38 Å². The van der Waals surface area contributed by atoms with E-state index in [1.54, 1.807) is 0 Å². The van der Waals surface area contributed by atoms with Gasteiger partial charge < -0.3 is 15.7 Å². The van der Waals surface area contributed by atoms with Gasteiger partial charge in [0.05, 0.1) is 0 Å². The number of rotatable bonds is 3. The third-order valence-corrected chi connectivity index (χ3v) is 1.82. The molecule has 1 aromatic rings. The van der Waals surface area contributed by atoms with Crippen LogP contribution < -0.4 is 5.73 Å². The summed E-state index contributed by atoms with van der Waals surface area (Å²) >= 11 is 1.14. The van der Waals surface area contributed by atoms with Gasteiger partial charge in [0.15, 0.2) is 5.13 Å². The number of carboxylic acid groups (broad SMARTS) is 1. The Bertz CT molecular complexity index is 355. The maximum atomic E-state index is 10.6. The lowest BCUT2D eigenvalue weighted by Crippen LogP contribution is -2.15. The van der Waals surface area contributed by atoms with Crippen LogP contribution in [0, 0.1) is 0 Å². The van der Waals surface area contributed by atoms with Crippen molar-refractivity contribution in [2.75, 3.05) is 12.8 Å². The first-order chi connectivity index (χ1) is 6.15. The minimum atomic E-state index is -1.20. The average molecular weight is 274 g/mol. The number of carbonyl (C=O) groups is 1. The number of halogens is 2. The predicted molar refractivity (Wildman–Crippen MR) is 62.2 cm³/mol. The van der Waals surface area contributed by atoms with Crippen molar-refractivity contribution >= 4 is 53.0 Å². The van der Waals surface area contributed by atoms with Crippen LogP contribution in [0.1, 0.15) is 5.69 Å². The van der Waals surface area contributed by atoms with Crippen molar-refractivity contribution in [2.24, 2.45) is 5.16 Å². The maximum absolute atomic E-state index is 10.6. The van der Waals surface area contributed by atoms with E-state index < -0.39 is 5.97 Å². The van der Waals surface area contributed by atoms with Gasteiger partial charge in [-0.1, -0.05) is 5.16 Å². The largest absolute Gasteiger partial charge is 0.476 e. The zero-order valence-corrected chi connectivity index (χ0v) is 9.99. The molecule has 0 aliphatic rings. The van der Waals surface area contributed by atoms with Gasteiger partial charge in [0.25, 0.3) is 0 Å². The summed E-state index contributed by atoms with van der Waals surface area (Å²) in [6.45, 7) is 0. The molecule has 0 saturated carbocycles. The summed E-state index contributed by atoms with van der Waals surface area (Å²) in [5, 5.41) is 13.8. The van der Waals surface area contributed by atoms with Gasteiger partial charge in [0.2, 0.25) is 5.71 Å². The molecular formula is C6H9Cl2N3O3S. The van der Waals surface area contributed by atoms with E-state index in [1.807, 2.05) is 0 Å². The highest BCUT2D eigenvalue weighted by molar-refractivity contribution is 7.13. The second-order valence-corrected chi connectivity index (χ2v) is 2.89. The van der Waals surface area contributed by atoms with E-state index in [2.05, 4.69) is 15.0 Å². The number of nitrogens with two attached hydrogens (primary N) is 1. The smallest absolute Gasteiger partial charge is 0.360 e. The number of aliphatic carboxylic acids is 1. The summed E-state index contributed by atoms with van der Waals surface area (Å²) in [6, 6.07) is 0. The van der Waals surface area contributed by atoms with E-state index in [-0.39, 0.29) is 36.2 Å². The molecule has 0 aromatic carbocycles. The zero-order chi connectivity index (χ0) is 9.84. The van der Waals surface area contributed by atoms with E-state index >= 15 is 0 Å². The molecule has 6 nitrogen and oxygen atoms in total. The number of anilines is 1. The van der Waals surface area contributed by atoms with Crippen molar-refractivity contribution in [3.05, 3.63) is 11.1 Å². The first kappa shape index (κ1) is 16.4. The fraction of sp³-hybridized carbons (Fsp3) is 0.167. The van der Waals surface area contributed by atoms with Crippen LogP contribution in [0.3, 0.4) is 0 Å². The normalized spacial score (nSPS) is 9.80. The molecule has 0 fully saturated rings. The molecule has 9 heteroatoms. The Hall–Kier alpha value is -1.05. The van der Waals surface area contributed by atoms with Gasteiger partial charge in [-0.25, -0.2) is 9.78 Å². The van der Waals surface area contributed by atoms with Crippen molar-refractivity contribution in [3.63, 3.8) is 0 Å². The fourth-order valence-corrected chi connectivity index (χ4v) is 1.23. The second kappa shape index (κ2) is 7.27. The summed E-state index contributed by atoms with van der Waals surface area (Å²) in [7, 11) is 1.26. The highest BCUT2D eigenvalue weighted by Crippen LogP contribution is 2.12. The number of aromatic nitrogens is 1. The van der Waals surface area contributed by atoms with Crippen LogP contribution in [0.2, 0.25) is 0 Å². The third-order valence-electron chi connectivity index (χ3n) is 1.15. The molecule has 0 amide bonds. The Labute approximate surface area is 102 Å². The summed E-state index contributed by atoms with van der Waals surface area (Å²) in [5.74, 6) is -1.20. The van der Waals surface area contributed by atoms with Gasteiger partial charge in [-0.2, -0.15) is 0 Å². The van der Waals surface area contributed by atoms with E-state index in [1.165, 1.54) is 12.5 Å². The molecule has 15 heavy (non-hydrogen) atoms. The Balaban J connectivity index is 0. The van der Waals surface area contributed by atoms with Crippen LogP contribution in [0.25, 0.3) is 0 Å². The molecule has 0 saturated heterocycles. The summed E-state index contributed by atoms with van der Waals surface area (Å²) in [4.78, 5) is 18.7. The van der Waals surface area contributed by atoms with Gasteiger partial charge >= 0.3 is 5.97 Å². The summed E-state index contributed by atoms with van der Waals surface area (Å²) in [6.07, 6.45) is 0. The zero-order valence-electron chi connectivity index (χ0n) is 7.54. The standard InChI is InChI=1S/C6H7N3O3S.2ClH/c1-12-9-4(5(10)11)3-2-13-6(7)8-3;;/h2H,1H3,(H2,7,8)(H,10,11);2*1H. The number of oxime groups is 1. The highest BCUT2D eigenvalue weighted by atomic mass is 35.5. The van der Waals surface area contributed by atoms with Crippen molar-refractivity contribution in [3.8, 4) is 0 Å². The van der Waals surface area contributed by atoms with Crippen LogP contribution in [0.15, 0.2) is 10.5 Å². The first-order valence-electron chi connectivity index (χ1n) is 3.21. The number of hydrogen-bond donors (Lipinski definition) is 2. The van der Waals surface area contributed by atoms with Gasteiger partial charge in [-0.3, -0.25) is 0 Å². The Kier molecular flexibility index (Phi) is 7.94. The molecular weight excluding hydrogens is 265 g/mol. The number of nitrogens with zero attached hydrogens (tertiary/aromatic N) is 2. The second-order valence-electron chi connectivity index (χ2n) is 2.00. The quantitative estimate of drug-likeness (QED) is 0.633. The topological polar surface area (TPSA) is 97.8 Å². The minimum absolute atomic E-state index is 0. The molecule has 0 atom stereocenters. The van der Waals surface area contributed by atoms with E-state index in [0.717, 1.165) is 11.3 Å². The number of nitrogen functional groups attached to an aromatic ring is 1. The third kappa shape index (κ3) is 4.32. The van der Waals surface area contributed by atoms with Crippen molar-refractivity contribution in [1.29, 1.82) is 0 Å². The van der Waals surface area contributed by atoms with Crippen LogP contribution in [0.4, 0.5) is 5.13 Å². The molecule has 0 bridgehead atoms. The van der Waals surface area contributed by atoms with E-state index in [4.69, 9.17) is 10.8 Å². The van der Waals surface area contributed by atoms with Crippen LogP contribution in [-0.4, -0.2) is 28.9 Å². The molecule has 0 unspecified atom stereocenters. The van der Waals surface area contributed by atoms with E-state index in [9.17, 15) is 4.79 Å². The number of carboxylic acids is 1. The molecule has 1 aromatic heterocycles. The Morgan fingerprint density at radius 2 is 2.27 bits per heavy atom. The molecule has 86 valence electrons. The molecule has 0 radical (unpaired) electrons. The molecule has 0 aliphatic carbocycles. The number of hydrogen-bond acceptors (Lipinski definition) is 6. The minimum Gasteiger partial charge on any atom is -0.476 e. The summed E-state index contributed by atoms with van der Waals surface area (Å²) in [5.41, 5.74) is 5.28. The van der Waals surface area contributed by atoms with Crippen LogP contribution >= 0.6 is 36.2 Å². The van der Waals surface area contributed by atoms with Crippen molar-refractivity contribution in [1.82, 2.24) is 4.98 Å². The van der Waals surface area contributed by atoms with Crippen molar-refractivity contribution in [2.45, 2.75) is 0 Å². The lowest BCUT2D eigenvalue weighted by molar-refractivity contribution is -0.129. The lowest BCUT2D eigenvalue weighted by Gasteiger charge is -1.94. The predicted octanol–water partition coefficient (Wildman–Crippen LogP) is 1.00. The molecule has 3 N–H and O–H groups in total.